The lowest BCUT2D eigenvalue weighted by atomic mass is 9.90. The average molecular weight is 123 g/mol. The van der Waals surface area contributed by atoms with E-state index < -0.39 is 0 Å². The molecule has 0 aromatic heterocycles. The van der Waals surface area contributed by atoms with Crippen LogP contribution in [-0.2, 0) is 0 Å². The summed E-state index contributed by atoms with van der Waals surface area (Å²) >= 11 is 0. The molecule has 0 spiro atoms. The molecule has 0 heteroatoms. The van der Waals surface area contributed by atoms with Crippen LogP contribution in [0.3, 0.4) is 0 Å². The maximum Gasteiger partial charge on any atom is 0.0619 e. The zero-order valence-electron chi connectivity index (χ0n) is 7.09. The van der Waals surface area contributed by atoms with E-state index in [-0.39, 0.29) is 0 Å². The molecule has 0 radical (unpaired) electrons. The fraction of sp³-hybridized carbons (Fsp3) is 0.556. The molecule has 1 aliphatic rings. The molecule has 0 aromatic rings. The quantitative estimate of drug-likeness (QED) is 0.503. The van der Waals surface area contributed by atoms with Gasteiger partial charge in [0.2, 0.25) is 0 Å². The number of hydrogen-bond acceptors (Lipinski definition) is 0. The molecule has 1 aliphatic carbocycles. The van der Waals surface area contributed by atoms with Crippen LogP contribution < -0.4 is 0 Å². The van der Waals surface area contributed by atoms with Crippen molar-refractivity contribution < 1.29 is 1.37 Å². The Balaban J connectivity index is 2.52. The minimum Gasteiger partial charge on any atom is -0.0840 e. The van der Waals surface area contributed by atoms with E-state index in [1.54, 1.807) is 0 Å². The number of rotatable bonds is 1. The van der Waals surface area contributed by atoms with Crippen LogP contribution in [0, 0.1) is 11.8 Å². The first-order valence-corrected chi connectivity index (χ1v) is 3.55. The smallest absolute Gasteiger partial charge is 0.0619 e. The summed E-state index contributed by atoms with van der Waals surface area (Å²) in [5.41, 5.74) is 0. The first-order chi connectivity index (χ1) is 4.70. The van der Waals surface area contributed by atoms with E-state index in [2.05, 4.69) is 19.9 Å². The molecule has 0 aromatic carbocycles. The van der Waals surface area contributed by atoms with Crippen molar-refractivity contribution in [1.82, 2.24) is 0 Å². The Hall–Kier alpha value is -0.520. The second kappa shape index (κ2) is 2.86. The van der Waals surface area contributed by atoms with E-state index in [0.29, 0.717) is 17.9 Å². The van der Waals surface area contributed by atoms with Gasteiger partial charge >= 0.3 is 0 Å². The molecular formula is C9H14. The van der Waals surface area contributed by atoms with Gasteiger partial charge in [0, 0.05) is 0 Å². The normalized spacial score (nSPS) is 28.1. The molecule has 1 unspecified atom stereocenters. The molecule has 0 saturated heterocycles. The highest BCUT2D eigenvalue weighted by Gasteiger charge is 2.08. The molecule has 1 atom stereocenters. The molecule has 0 bridgehead atoms. The molecule has 0 nitrogen and oxygen atoms in total. The Morgan fingerprint density at radius 1 is 1.67 bits per heavy atom. The standard InChI is InChI=1S/C9H14/c1-8(2)9-6-4-3-5-7-9/h3-6,8-9H,7H2,1-2H3/i3D. The monoisotopic (exact) mass is 123 g/mol. The van der Waals surface area contributed by atoms with E-state index in [1.807, 2.05) is 12.2 Å². The highest BCUT2D eigenvalue weighted by atomic mass is 14.1. The second-order valence-electron chi connectivity index (χ2n) is 2.87. The highest BCUT2D eigenvalue weighted by molar-refractivity contribution is 5.11. The Morgan fingerprint density at radius 3 is 2.89 bits per heavy atom. The molecule has 0 fully saturated rings. The maximum atomic E-state index is 7.28. The van der Waals surface area contributed by atoms with Gasteiger partial charge in [-0.3, -0.25) is 0 Å². The highest BCUT2D eigenvalue weighted by Crippen LogP contribution is 2.19. The average Bonchev–Trinajstić information content (AvgIpc) is 1.88. The van der Waals surface area contributed by atoms with Gasteiger partial charge in [0.1, 0.15) is 0 Å². The van der Waals surface area contributed by atoms with Crippen LogP contribution in [0.25, 0.3) is 0 Å². The van der Waals surface area contributed by atoms with Crippen molar-refractivity contribution in [3.8, 4) is 0 Å². The number of allylic oxidation sites excluding steroid dienone is 4. The van der Waals surface area contributed by atoms with Crippen molar-refractivity contribution in [2.45, 2.75) is 20.3 Å². The summed E-state index contributed by atoms with van der Waals surface area (Å²) in [7, 11) is 0. The Bertz CT molecular complexity index is 166. The van der Waals surface area contributed by atoms with E-state index in [9.17, 15) is 0 Å². The van der Waals surface area contributed by atoms with Gasteiger partial charge in [-0.25, -0.2) is 0 Å². The Morgan fingerprint density at radius 2 is 2.44 bits per heavy atom. The third kappa shape index (κ3) is 1.70. The van der Waals surface area contributed by atoms with E-state index in [1.165, 1.54) is 0 Å². The van der Waals surface area contributed by atoms with Crippen molar-refractivity contribution in [2.24, 2.45) is 11.8 Å². The first-order valence-electron chi connectivity index (χ1n) is 4.05. The topological polar surface area (TPSA) is 0 Å². The molecule has 9 heavy (non-hydrogen) atoms. The van der Waals surface area contributed by atoms with Crippen LogP contribution in [0.5, 0.6) is 0 Å². The lowest BCUT2D eigenvalue weighted by Gasteiger charge is -2.15. The molecule has 1 rings (SSSR count). The Kier molecular flexibility index (Phi) is 1.68. The second-order valence-corrected chi connectivity index (χ2v) is 2.87. The van der Waals surface area contributed by atoms with E-state index in [4.69, 9.17) is 1.37 Å². The lowest BCUT2D eigenvalue weighted by Crippen LogP contribution is -2.05. The van der Waals surface area contributed by atoms with Crippen LogP contribution in [0.15, 0.2) is 24.3 Å². The zero-order valence-corrected chi connectivity index (χ0v) is 6.09. The predicted molar refractivity (Wildman–Crippen MR) is 41.2 cm³/mol. The van der Waals surface area contributed by atoms with Gasteiger partial charge in [-0.05, 0) is 18.3 Å². The van der Waals surface area contributed by atoms with Crippen LogP contribution in [0.2, 0.25) is 0 Å². The van der Waals surface area contributed by atoms with E-state index in [0.717, 1.165) is 6.42 Å². The van der Waals surface area contributed by atoms with Gasteiger partial charge in [0.25, 0.3) is 0 Å². The minimum absolute atomic E-state index is 0.661. The van der Waals surface area contributed by atoms with Gasteiger partial charge in [-0.2, -0.15) is 0 Å². The molecule has 0 aliphatic heterocycles. The summed E-state index contributed by atoms with van der Waals surface area (Å²) in [4.78, 5) is 0. The fourth-order valence-corrected chi connectivity index (χ4v) is 1.02. The summed E-state index contributed by atoms with van der Waals surface area (Å²) in [5, 5.41) is 0. The Labute approximate surface area is 58.7 Å². The molecule has 0 heterocycles. The van der Waals surface area contributed by atoms with Crippen molar-refractivity contribution >= 4 is 0 Å². The van der Waals surface area contributed by atoms with Gasteiger partial charge in [-0.1, -0.05) is 38.1 Å². The SMILES string of the molecule is [2H]C1=CCC(C(C)C)C=C1. The first kappa shape index (κ1) is 5.28. The van der Waals surface area contributed by atoms with Gasteiger partial charge < -0.3 is 0 Å². The summed E-state index contributed by atoms with van der Waals surface area (Å²) in [6.45, 7) is 4.44. The summed E-state index contributed by atoms with van der Waals surface area (Å²) < 4.78 is 7.28. The van der Waals surface area contributed by atoms with Crippen LogP contribution in [-0.4, -0.2) is 0 Å². The van der Waals surface area contributed by atoms with Gasteiger partial charge in [-0.15, -0.1) is 0 Å². The fourth-order valence-electron chi connectivity index (χ4n) is 1.02. The third-order valence-electron chi connectivity index (χ3n) is 1.80. The zero-order chi connectivity index (χ0) is 7.56. The van der Waals surface area contributed by atoms with Crippen LogP contribution >= 0.6 is 0 Å². The largest absolute Gasteiger partial charge is 0.0840 e. The molecular weight excluding hydrogens is 108 g/mol. The third-order valence-corrected chi connectivity index (χ3v) is 1.80. The summed E-state index contributed by atoms with van der Waals surface area (Å²) in [5.74, 6) is 1.37. The van der Waals surface area contributed by atoms with Gasteiger partial charge in [0.05, 0.1) is 1.37 Å². The van der Waals surface area contributed by atoms with Crippen LogP contribution in [0.1, 0.15) is 21.6 Å². The van der Waals surface area contributed by atoms with Crippen molar-refractivity contribution in [3.63, 3.8) is 0 Å². The van der Waals surface area contributed by atoms with E-state index >= 15 is 0 Å². The molecule has 50 valence electrons. The minimum atomic E-state index is 0.661. The summed E-state index contributed by atoms with van der Waals surface area (Å²) in [6, 6.07) is 0.664. The predicted octanol–water partition coefficient (Wildman–Crippen LogP) is 2.77. The van der Waals surface area contributed by atoms with Crippen molar-refractivity contribution in [2.75, 3.05) is 0 Å². The number of hydrogen-bond donors (Lipinski definition) is 0. The molecule has 0 N–H and O–H groups in total. The van der Waals surface area contributed by atoms with Crippen molar-refractivity contribution in [3.05, 3.63) is 24.3 Å². The van der Waals surface area contributed by atoms with Crippen molar-refractivity contribution in [1.29, 1.82) is 0 Å². The summed E-state index contributed by atoms with van der Waals surface area (Å²) in [6.07, 6.45) is 7.08. The van der Waals surface area contributed by atoms with Gasteiger partial charge in [0.15, 0.2) is 0 Å². The molecule has 0 amide bonds. The molecule has 0 saturated carbocycles. The van der Waals surface area contributed by atoms with Crippen LogP contribution in [0.4, 0.5) is 0 Å². The lowest BCUT2D eigenvalue weighted by molar-refractivity contribution is 0.467. The maximum absolute atomic E-state index is 7.28.